The van der Waals surface area contributed by atoms with E-state index in [1.165, 1.54) is 0 Å². The summed E-state index contributed by atoms with van der Waals surface area (Å²) in [5, 5.41) is 6.82. The molecule has 0 aliphatic rings. The summed E-state index contributed by atoms with van der Waals surface area (Å²) in [7, 11) is 0. The van der Waals surface area contributed by atoms with E-state index < -0.39 is 0 Å². The molecule has 0 aliphatic heterocycles. The number of aromatic amines is 2. The zero-order chi connectivity index (χ0) is 7.84. The number of aromatic nitrogens is 4. The van der Waals surface area contributed by atoms with Crippen LogP contribution in [0.3, 0.4) is 0 Å². The van der Waals surface area contributed by atoms with Crippen LogP contribution in [0.4, 0.5) is 0 Å². The molecule has 4 nitrogen and oxygen atoms in total. The summed E-state index contributed by atoms with van der Waals surface area (Å²) >= 11 is 4.95. The third-order valence-corrected chi connectivity index (χ3v) is 1.84. The number of H-pyrrole nitrogens is 2. The van der Waals surface area contributed by atoms with Crippen LogP contribution < -0.4 is 0 Å². The van der Waals surface area contributed by atoms with Gasteiger partial charge in [-0.15, -0.1) is 0 Å². The van der Waals surface area contributed by atoms with Crippen molar-refractivity contribution in [2.45, 2.75) is 6.92 Å². The summed E-state index contributed by atoms with van der Waals surface area (Å²) in [4.78, 5) is 6.87. The largest absolute Gasteiger partial charge is 0.343 e. The van der Waals surface area contributed by atoms with Crippen LogP contribution in [0.1, 0.15) is 5.69 Å². The van der Waals surface area contributed by atoms with E-state index in [0.29, 0.717) is 4.64 Å². The van der Waals surface area contributed by atoms with E-state index in [-0.39, 0.29) is 0 Å². The molecule has 2 heterocycles. The van der Waals surface area contributed by atoms with Gasteiger partial charge in [-0.1, -0.05) is 12.2 Å². The van der Waals surface area contributed by atoms with Gasteiger partial charge in [0.05, 0.1) is 17.5 Å². The molecule has 0 atom stereocenters. The molecule has 0 aliphatic carbocycles. The molecular weight excluding hydrogens is 160 g/mol. The minimum atomic E-state index is 0.531. The third-order valence-electron chi connectivity index (χ3n) is 1.54. The van der Waals surface area contributed by atoms with Gasteiger partial charge in [-0.05, 0) is 6.92 Å². The maximum absolute atomic E-state index is 4.95. The second kappa shape index (κ2) is 2.13. The van der Waals surface area contributed by atoms with E-state index in [2.05, 4.69) is 20.2 Å². The minimum absolute atomic E-state index is 0.531. The maximum atomic E-state index is 4.95. The standard InChI is InChI=1S/C6H6N4S/c1-3-4-5(10-9-3)6(11)8-2-7-4/h2H,1H3,(H,9,10)(H,7,8,11). The van der Waals surface area contributed by atoms with Gasteiger partial charge in [0.2, 0.25) is 0 Å². The van der Waals surface area contributed by atoms with Crippen LogP contribution in [0.15, 0.2) is 6.33 Å². The van der Waals surface area contributed by atoms with E-state index >= 15 is 0 Å². The zero-order valence-electron chi connectivity index (χ0n) is 5.88. The lowest BCUT2D eigenvalue weighted by molar-refractivity contribution is 1.06. The molecule has 0 amide bonds. The summed E-state index contributed by atoms with van der Waals surface area (Å²) in [5.74, 6) is 0. The minimum Gasteiger partial charge on any atom is -0.343 e. The summed E-state index contributed by atoms with van der Waals surface area (Å²) < 4.78 is 0.531. The Balaban J connectivity index is 3.06. The van der Waals surface area contributed by atoms with Crippen molar-refractivity contribution in [3.05, 3.63) is 16.7 Å². The fraction of sp³-hybridized carbons (Fsp3) is 0.167. The lowest BCUT2D eigenvalue weighted by atomic mass is 10.4. The second-order valence-corrected chi connectivity index (χ2v) is 2.67. The highest BCUT2D eigenvalue weighted by Crippen LogP contribution is 2.10. The highest BCUT2D eigenvalue weighted by molar-refractivity contribution is 7.71. The molecule has 11 heavy (non-hydrogen) atoms. The highest BCUT2D eigenvalue weighted by Gasteiger charge is 2.01. The number of fused-ring (bicyclic) bond motifs is 1. The molecule has 56 valence electrons. The van der Waals surface area contributed by atoms with Crippen molar-refractivity contribution in [2.75, 3.05) is 0 Å². The SMILES string of the molecule is Cc1[nH]nc2c(=S)nc[nH]c12. The molecule has 0 spiro atoms. The Morgan fingerprint density at radius 2 is 2.36 bits per heavy atom. The molecule has 0 unspecified atom stereocenters. The van der Waals surface area contributed by atoms with Crippen molar-refractivity contribution < 1.29 is 0 Å². The predicted octanol–water partition coefficient (Wildman–Crippen LogP) is 1.32. The molecule has 0 saturated carbocycles. The lowest BCUT2D eigenvalue weighted by Gasteiger charge is -1.86. The Labute approximate surface area is 67.7 Å². The molecule has 0 radical (unpaired) electrons. The number of rotatable bonds is 0. The summed E-state index contributed by atoms with van der Waals surface area (Å²) in [6.07, 6.45) is 1.58. The molecule has 0 saturated heterocycles. The summed E-state index contributed by atoms with van der Waals surface area (Å²) in [5.41, 5.74) is 2.65. The van der Waals surface area contributed by atoms with Gasteiger partial charge >= 0.3 is 0 Å². The first-order chi connectivity index (χ1) is 5.29. The lowest BCUT2D eigenvalue weighted by Crippen LogP contribution is -1.80. The molecule has 2 rings (SSSR count). The molecule has 2 aromatic heterocycles. The highest BCUT2D eigenvalue weighted by atomic mass is 32.1. The van der Waals surface area contributed by atoms with Crippen LogP contribution in [0, 0.1) is 11.6 Å². The van der Waals surface area contributed by atoms with Gasteiger partial charge in [0.25, 0.3) is 0 Å². The van der Waals surface area contributed by atoms with Crippen molar-refractivity contribution in [3.8, 4) is 0 Å². The van der Waals surface area contributed by atoms with Gasteiger partial charge in [-0.3, -0.25) is 5.10 Å². The van der Waals surface area contributed by atoms with E-state index in [9.17, 15) is 0 Å². The summed E-state index contributed by atoms with van der Waals surface area (Å²) in [6.45, 7) is 1.93. The quantitative estimate of drug-likeness (QED) is 0.580. The maximum Gasteiger partial charge on any atom is 0.157 e. The van der Waals surface area contributed by atoms with Crippen LogP contribution in [-0.4, -0.2) is 20.2 Å². The van der Waals surface area contributed by atoms with E-state index in [0.717, 1.165) is 16.7 Å². The zero-order valence-corrected chi connectivity index (χ0v) is 6.70. The van der Waals surface area contributed by atoms with Crippen molar-refractivity contribution in [1.82, 2.24) is 20.2 Å². The van der Waals surface area contributed by atoms with Crippen molar-refractivity contribution in [2.24, 2.45) is 0 Å². The smallest absolute Gasteiger partial charge is 0.157 e. The molecule has 0 bridgehead atoms. The molecule has 2 N–H and O–H groups in total. The first-order valence-corrected chi connectivity index (χ1v) is 3.58. The van der Waals surface area contributed by atoms with E-state index in [4.69, 9.17) is 12.2 Å². The second-order valence-electron chi connectivity index (χ2n) is 2.28. The normalized spacial score (nSPS) is 10.6. The average Bonchev–Trinajstić information content (AvgIpc) is 2.35. The number of nitrogens with zero attached hydrogens (tertiary/aromatic N) is 2. The number of nitrogens with one attached hydrogen (secondary N) is 2. The Kier molecular flexibility index (Phi) is 1.25. The molecule has 5 heteroatoms. The fourth-order valence-corrected chi connectivity index (χ4v) is 1.18. The van der Waals surface area contributed by atoms with Gasteiger partial charge in [0.15, 0.2) is 4.64 Å². The van der Waals surface area contributed by atoms with Crippen LogP contribution in [-0.2, 0) is 0 Å². The Bertz CT molecular complexity index is 441. The predicted molar refractivity (Wildman–Crippen MR) is 43.8 cm³/mol. The first kappa shape index (κ1) is 6.48. The van der Waals surface area contributed by atoms with Gasteiger partial charge < -0.3 is 4.98 Å². The van der Waals surface area contributed by atoms with Crippen molar-refractivity contribution in [1.29, 1.82) is 0 Å². The first-order valence-electron chi connectivity index (χ1n) is 3.17. The van der Waals surface area contributed by atoms with Gasteiger partial charge in [0, 0.05) is 0 Å². The van der Waals surface area contributed by atoms with Crippen LogP contribution in [0.25, 0.3) is 11.0 Å². The van der Waals surface area contributed by atoms with E-state index in [1.54, 1.807) is 6.33 Å². The summed E-state index contributed by atoms with van der Waals surface area (Å²) in [6, 6.07) is 0. The fourth-order valence-electron chi connectivity index (χ4n) is 0.977. The monoisotopic (exact) mass is 166 g/mol. The molecular formula is C6H6N4S. The van der Waals surface area contributed by atoms with Gasteiger partial charge in [-0.2, -0.15) is 5.10 Å². The Morgan fingerprint density at radius 3 is 3.09 bits per heavy atom. The van der Waals surface area contributed by atoms with Crippen molar-refractivity contribution >= 4 is 23.3 Å². The van der Waals surface area contributed by atoms with Crippen molar-refractivity contribution in [3.63, 3.8) is 0 Å². The van der Waals surface area contributed by atoms with Gasteiger partial charge in [-0.25, -0.2) is 4.98 Å². The number of aryl methyl sites for hydroxylation is 1. The molecule has 0 fully saturated rings. The molecule has 2 aromatic rings. The van der Waals surface area contributed by atoms with Crippen LogP contribution >= 0.6 is 12.2 Å². The average molecular weight is 166 g/mol. The topological polar surface area (TPSA) is 57.4 Å². The molecule has 0 aromatic carbocycles. The van der Waals surface area contributed by atoms with Crippen LogP contribution in [0.2, 0.25) is 0 Å². The number of hydrogen-bond acceptors (Lipinski definition) is 3. The third kappa shape index (κ3) is 0.848. The Morgan fingerprint density at radius 1 is 1.55 bits per heavy atom. The number of hydrogen-bond donors (Lipinski definition) is 2. The Hall–Kier alpha value is -1.23. The van der Waals surface area contributed by atoms with E-state index in [1.807, 2.05) is 6.92 Å². The van der Waals surface area contributed by atoms with Crippen LogP contribution in [0.5, 0.6) is 0 Å². The van der Waals surface area contributed by atoms with Gasteiger partial charge in [0.1, 0.15) is 5.52 Å².